The number of urea groups is 1. The van der Waals surface area contributed by atoms with E-state index in [1.165, 1.54) is 0 Å². The molecule has 22 heavy (non-hydrogen) atoms. The van der Waals surface area contributed by atoms with Gasteiger partial charge >= 0.3 is 6.03 Å². The minimum atomic E-state index is -0.221. The summed E-state index contributed by atoms with van der Waals surface area (Å²) < 4.78 is 0. The van der Waals surface area contributed by atoms with E-state index in [2.05, 4.69) is 10.6 Å². The zero-order valence-corrected chi connectivity index (χ0v) is 13.8. The lowest BCUT2D eigenvalue weighted by molar-refractivity contribution is 0.236. The summed E-state index contributed by atoms with van der Waals surface area (Å²) in [4.78, 5) is 12.0. The molecular weight excluding hydrogens is 319 g/mol. The Morgan fingerprint density at radius 3 is 2.50 bits per heavy atom. The second-order valence-corrected chi connectivity index (χ2v) is 5.78. The summed E-state index contributed by atoms with van der Waals surface area (Å²) in [5.74, 6) is 0. The number of hydrogen-bond donors (Lipinski definition) is 2. The van der Waals surface area contributed by atoms with Crippen molar-refractivity contribution in [3.05, 3.63) is 69.7 Å². The lowest BCUT2D eigenvalue weighted by Crippen LogP contribution is -2.37. The van der Waals surface area contributed by atoms with Crippen molar-refractivity contribution in [1.82, 2.24) is 10.6 Å². The molecule has 0 fully saturated rings. The van der Waals surface area contributed by atoms with Gasteiger partial charge in [0.15, 0.2) is 0 Å². The topological polar surface area (TPSA) is 41.1 Å². The van der Waals surface area contributed by atoms with E-state index >= 15 is 0 Å². The molecular formula is C17H18Cl2N2O. The van der Waals surface area contributed by atoms with E-state index in [9.17, 15) is 4.79 Å². The summed E-state index contributed by atoms with van der Waals surface area (Å²) in [6.45, 7) is 2.39. The summed E-state index contributed by atoms with van der Waals surface area (Å²) in [6.07, 6.45) is 0.819. The number of carbonyl (C=O) groups is 1. The zero-order valence-electron chi connectivity index (χ0n) is 12.3. The fourth-order valence-corrected chi connectivity index (χ4v) is 2.63. The second kappa shape index (κ2) is 8.06. The van der Waals surface area contributed by atoms with Gasteiger partial charge in [0.2, 0.25) is 0 Å². The monoisotopic (exact) mass is 336 g/mol. The summed E-state index contributed by atoms with van der Waals surface area (Å²) in [5.41, 5.74) is 1.92. The number of amides is 2. The van der Waals surface area contributed by atoms with Crippen molar-refractivity contribution in [3.8, 4) is 0 Å². The smallest absolute Gasteiger partial charge is 0.315 e. The molecule has 2 aromatic carbocycles. The fraction of sp³-hybridized carbons (Fsp3) is 0.235. The second-order valence-electron chi connectivity index (χ2n) is 4.93. The van der Waals surface area contributed by atoms with Crippen molar-refractivity contribution in [1.29, 1.82) is 0 Å². The summed E-state index contributed by atoms with van der Waals surface area (Å²) in [5, 5.41) is 6.90. The van der Waals surface area contributed by atoms with E-state index in [1.54, 1.807) is 18.2 Å². The quantitative estimate of drug-likeness (QED) is 0.797. The molecule has 0 bridgehead atoms. The Morgan fingerprint density at radius 2 is 1.86 bits per heavy atom. The van der Waals surface area contributed by atoms with Gasteiger partial charge in [0.05, 0.1) is 6.04 Å². The molecule has 0 aliphatic rings. The maximum Gasteiger partial charge on any atom is 0.315 e. The number of halogens is 2. The number of hydrogen-bond acceptors (Lipinski definition) is 1. The van der Waals surface area contributed by atoms with Gasteiger partial charge in [-0.3, -0.25) is 0 Å². The van der Waals surface area contributed by atoms with E-state index < -0.39 is 0 Å². The van der Waals surface area contributed by atoms with Crippen LogP contribution in [-0.2, 0) is 6.54 Å². The van der Waals surface area contributed by atoms with Gasteiger partial charge < -0.3 is 10.6 Å². The lowest BCUT2D eigenvalue weighted by atomic mass is 10.1. The fourth-order valence-electron chi connectivity index (χ4n) is 2.16. The number of rotatable bonds is 5. The lowest BCUT2D eigenvalue weighted by Gasteiger charge is -2.18. The third-order valence-corrected chi connectivity index (χ3v) is 3.96. The largest absolute Gasteiger partial charge is 0.334 e. The van der Waals surface area contributed by atoms with Crippen LogP contribution in [0.1, 0.15) is 30.5 Å². The molecule has 1 atom stereocenters. The Bertz CT molecular complexity index is 632. The highest BCUT2D eigenvalue weighted by atomic mass is 35.5. The first-order valence-electron chi connectivity index (χ1n) is 7.13. The number of carbonyl (C=O) groups excluding carboxylic acids is 1. The molecule has 1 unspecified atom stereocenters. The molecule has 0 heterocycles. The maximum absolute atomic E-state index is 12.0. The van der Waals surface area contributed by atoms with E-state index in [1.807, 2.05) is 37.3 Å². The van der Waals surface area contributed by atoms with E-state index in [0.29, 0.717) is 16.6 Å². The van der Waals surface area contributed by atoms with Gasteiger partial charge in [0, 0.05) is 16.6 Å². The van der Waals surface area contributed by atoms with Crippen LogP contribution in [0, 0.1) is 0 Å². The van der Waals surface area contributed by atoms with E-state index in [0.717, 1.165) is 17.5 Å². The zero-order chi connectivity index (χ0) is 15.9. The first-order chi connectivity index (χ1) is 10.6. The van der Waals surface area contributed by atoms with E-state index in [-0.39, 0.29) is 12.1 Å². The normalized spacial score (nSPS) is 11.8. The molecule has 5 heteroatoms. The molecule has 2 aromatic rings. The van der Waals surface area contributed by atoms with Crippen molar-refractivity contribution in [2.45, 2.75) is 25.9 Å². The van der Waals surface area contributed by atoms with Crippen LogP contribution < -0.4 is 10.6 Å². The number of benzene rings is 2. The highest BCUT2D eigenvalue weighted by Gasteiger charge is 2.12. The molecule has 0 saturated heterocycles. The summed E-state index contributed by atoms with van der Waals surface area (Å²) in [7, 11) is 0. The van der Waals surface area contributed by atoms with Gasteiger partial charge in [-0.2, -0.15) is 0 Å². The molecule has 0 aromatic heterocycles. The predicted molar refractivity (Wildman–Crippen MR) is 91.3 cm³/mol. The maximum atomic E-state index is 12.0. The van der Waals surface area contributed by atoms with Gasteiger partial charge in [-0.15, -0.1) is 0 Å². The molecule has 3 nitrogen and oxygen atoms in total. The first-order valence-corrected chi connectivity index (χ1v) is 7.89. The third kappa shape index (κ3) is 4.65. The van der Waals surface area contributed by atoms with Crippen molar-refractivity contribution in [2.75, 3.05) is 0 Å². The predicted octanol–water partition coefficient (Wildman–Crippen LogP) is 4.94. The molecule has 2 amide bonds. The minimum absolute atomic E-state index is 0.0121. The van der Waals surface area contributed by atoms with Crippen LogP contribution in [0.15, 0.2) is 48.5 Å². The highest BCUT2D eigenvalue weighted by Crippen LogP contribution is 2.21. The minimum Gasteiger partial charge on any atom is -0.334 e. The van der Waals surface area contributed by atoms with Crippen molar-refractivity contribution >= 4 is 29.2 Å². The van der Waals surface area contributed by atoms with Crippen molar-refractivity contribution < 1.29 is 4.79 Å². The Labute approximate surface area is 140 Å². The first kappa shape index (κ1) is 16.7. The van der Waals surface area contributed by atoms with Crippen molar-refractivity contribution in [2.24, 2.45) is 0 Å². The molecule has 2 N–H and O–H groups in total. The van der Waals surface area contributed by atoms with Crippen LogP contribution in [0.2, 0.25) is 10.0 Å². The molecule has 0 aliphatic carbocycles. The average Bonchev–Trinajstić information content (AvgIpc) is 2.52. The number of nitrogens with one attached hydrogen (secondary N) is 2. The molecule has 0 saturated carbocycles. The van der Waals surface area contributed by atoms with Crippen molar-refractivity contribution in [3.63, 3.8) is 0 Å². The van der Waals surface area contributed by atoms with Crippen LogP contribution in [0.25, 0.3) is 0 Å². The van der Waals surface area contributed by atoms with Gasteiger partial charge in [-0.1, -0.05) is 66.5 Å². The molecule has 0 aliphatic heterocycles. The van der Waals surface area contributed by atoms with Gasteiger partial charge in [-0.05, 0) is 29.7 Å². The van der Waals surface area contributed by atoms with Gasteiger partial charge in [-0.25, -0.2) is 4.79 Å². The van der Waals surface area contributed by atoms with Crippen LogP contribution in [0.5, 0.6) is 0 Å². The van der Waals surface area contributed by atoms with Gasteiger partial charge in [0.1, 0.15) is 0 Å². The highest BCUT2D eigenvalue weighted by molar-refractivity contribution is 6.35. The van der Waals surface area contributed by atoms with E-state index in [4.69, 9.17) is 23.2 Å². The Balaban J connectivity index is 1.92. The summed E-state index contributed by atoms with van der Waals surface area (Å²) >= 11 is 11.9. The van der Waals surface area contributed by atoms with Crippen LogP contribution in [0.4, 0.5) is 4.79 Å². The Morgan fingerprint density at radius 1 is 1.14 bits per heavy atom. The Hall–Kier alpha value is -1.71. The SMILES string of the molecule is CCC(NC(=O)NCc1ccc(Cl)cc1Cl)c1ccccc1. The third-order valence-electron chi connectivity index (χ3n) is 3.37. The van der Waals surface area contributed by atoms with Crippen LogP contribution in [-0.4, -0.2) is 6.03 Å². The van der Waals surface area contributed by atoms with Gasteiger partial charge in [0.25, 0.3) is 0 Å². The molecule has 0 radical (unpaired) electrons. The average molecular weight is 337 g/mol. The molecule has 116 valence electrons. The molecule has 0 spiro atoms. The van der Waals surface area contributed by atoms with Crippen LogP contribution in [0.3, 0.4) is 0 Å². The van der Waals surface area contributed by atoms with Crippen LogP contribution >= 0.6 is 23.2 Å². The standard InChI is InChI=1S/C17H18Cl2N2O/c1-2-16(12-6-4-3-5-7-12)21-17(22)20-11-13-8-9-14(18)10-15(13)19/h3-10,16H,2,11H2,1H3,(H2,20,21,22). The Kier molecular flexibility index (Phi) is 6.10. The molecule has 2 rings (SSSR count). The summed E-state index contributed by atoms with van der Waals surface area (Å²) in [6, 6.07) is 14.9.